The van der Waals surface area contributed by atoms with Gasteiger partial charge in [-0.1, -0.05) is 12.1 Å². The summed E-state index contributed by atoms with van der Waals surface area (Å²) in [6.45, 7) is 4.86. The number of amides is 1. The Bertz CT molecular complexity index is 584. The summed E-state index contributed by atoms with van der Waals surface area (Å²) in [5.74, 6) is 0.971. The van der Waals surface area contributed by atoms with Crippen LogP contribution in [0.15, 0.2) is 24.3 Å². The number of carbonyl (C=O) groups excluding carboxylic acids is 1. The van der Waals surface area contributed by atoms with Gasteiger partial charge in [-0.2, -0.15) is 0 Å². The number of carbonyl (C=O) groups is 1. The zero-order chi connectivity index (χ0) is 18.9. The summed E-state index contributed by atoms with van der Waals surface area (Å²) in [5.41, 5.74) is 1.07. The molecule has 0 aliphatic carbocycles. The summed E-state index contributed by atoms with van der Waals surface area (Å²) in [7, 11) is 2.16. The zero-order valence-electron chi connectivity index (χ0n) is 16.4. The molecule has 27 heavy (non-hydrogen) atoms. The topological polar surface area (TPSA) is 62.8 Å². The Morgan fingerprint density at radius 1 is 1.33 bits per heavy atom. The second kappa shape index (κ2) is 10.6. The molecule has 1 unspecified atom stereocenters. The van der Waals surface area contributed by atoms with E-state index in [0.29, 0.717) is 31.7 Å². The summed E-state index contributed by atoms with van der Waals surface area (Å²) in [6, 6.07) is 8.93. The van der Waals surface area contributed by atoms with Crippen LogP contribution in [0.2, 0.25) is 0 Å². The molecule has 150 valence electrons. The number of ether oxygens (including phenoxy) is 2. The summed E-state index contributed by atoms with van der Waals surface area (Å²) in [4.78, 5) is 14.4. The maximum absolute atomic E-state index is 12.1. The SMILES string of the molecule is CN(CCOc1cccc(CNC(=O)CC2CCCN2)c1)C1CCOCC1. The van der Waals surface area contributed by atoms with Gasteiger partial charge in [0.05, 0.1) is 0 Å². The van der Waals surface area contributed by atoms with Gasteiger partial charge in [-0.3, -0.25) is 9.69 Å². The van der Waals surface area contributed by atoms with E-state index in [0.717, 1.165) is 56.9 Å². The van der Waals surface area contributed by atoms with Crippen molar-refractivity contribution in [2.24, 2.45) is 0 Å². The third kappa shape index (κ3) is 6.79. The van der Waals surface area contributed by atoms with E-state index < -0.39 is 0 Å². The molecule has 1 amide bonds. The fourth-order valence-corrected chi connectivity index (χ4v) is 3.79. The lowest BCUT2D eigenvalue weighted by Crippen LogP contribution is -2.38. The standard InChI is InChI=1S/C21H33N3O3/c1-24(19-7-11-26-12-8-19)10-13-27-20-6-2-4-17(14-20)16-23-21(25)15-18-5-3-9-22-18/h2,4,6,14,18-19,22H,3,5,7-13,15-16H2,1H3,(H,23,25). The molecule has 2 saturated heterocycles. The van der Waals surface area contributed by atoms with Crippen molar-refractivity contribution in [3.05, 3.63) is 29.8 Å². The molecule has 1 aromatic rings. The minimum atomic E-state index is 0.110. The van der Waals surface area contributed by atoms with Crippen LogP contribution in [0.25, 0.3) is 0 Å². The number of likely N-dealkylation sites (N-methyl/N-ethyl adjacent to an activating group) is 1. The van der Waals surface area contributed by atoms with Crippen LogP contribution in [0.5, 0.6) is 5.75 Å². The summed E-state index contributed by atoms with van der Waals surface area (Å²) in [6.07, 6.45) is 5.03. The lowest BCUT2D eigenvalue weighted by molar-refractivity contribution is -0.121. The molecule has 1 aromatic carbocycles. The molecule has 0 radical (unpaired) electrons. The zero-order valence-corrected chi connectivity index (χ0v) is 16.4. The molecule has 1 atom stereocenters. The Balaban J connectivity index is 1.37. The van der Waals surface area contributed by atoms with Crippen molar-refractivity contribution < 1.29 is 14.3 Å². The van der Waals surface area contributed by atoms with E-state index in [4.69, 9.17) is 9.47 Å². The highest BCUT2D eigenvalue weighted by Gasteiger charge is 2.18. The molecule has 2 aliphatic heterocycles. The van der Waals surface area contributed by atoms with Gasteiger partial charge in [-0.25, -0.2) is 0 Å². The molecule has 3 rings (SSSR count). The van der Waals surface area contributed by atoms with Gasteiger partial charge in [0.25, 0.3) is 0 Å². The van der Waals surface area contributed by atoms with Gasteiger partial charge in [0.2, 0.25) is 5.91 Å². The second-order valence-corrected chi connectivity index (χ2v) is 7.59. The van der Waals surface area contributed by atoms with Gasteiger partial charge in [0.15, 0.2) is 0 Å². The maximum atomic E-state index is 12.1. The first kappa shape index (κ1) is 20.1. The molecular formula is C21H33N3O3. The van der Waals surface area contributed by atoms with Crippen molar-refractivity contribution in [1.82, 2.24) is 15.5 Å². The lowest BCUT2D eigenvalue weighted by Gasteiger charge is -2.31. The van der Waals surface area contributed by atoms with Crippen molar-refractivity contribution in [1.29, 1.82) is 0 Å². The van der Waals surface area contributed by atoms with Crippen LogP contribution in [0.3, 0.4) is 0 Å². The molecule has 2 heterocycles. The van der Waals surface area contributed by atoms with Gasteiger partial charge in [0, 0.05) is 44.8 Å². The number of nitrogens with zero attached hydrogens (tertiary/aromatic N) is 1. The average molecular weight is 376 g/mol. The van der Waals surface area contributed by atoms with Crippen molar-refractivity contribution in [3.8, 4) is 5.75 Å². The van der Waals surface area contributed by atoms with Gasteiger partial charge >= 0.3 is 0 Å². The normalized spacial score (nSPS) is 20.7. The van der Waals surface area contributed by atoms with E-state index in [1.54, 1.807) is 0 Å². The monoisotopic (exact) mass is 375 g/mol. The van der Waals surface area contributed by atoms with Crippen molar-refractivity contribution in [3.63, 3.8) is 0 Å². The second-order valence-electron chi connectivity index (χ2n) is 7.59. The van der Waals surface area contributed by atoms with Gasteiger partial charge in [0.1, 0.15) is 12.4 Å². The van der Waals surface area contributed by atoms with E-state index in [1.807, 2.05) is 24.3 Å². The Kier molecular flexibility index (Phi) is 7.93. The van der Waals surface area contributed by atoms with E-state index in [1.165, 1.54) is 6.42 Å². The fraction of sp³-hybridized carbons (Fsp3) is 0.667. The van der Waals surface area contributed by atoms with E-state index >= 15 is 0 Å². The summed E-state index contributed by atoms with van der Waals surface area (Å²) >= 11 is 0. The van der Waals surface area contributed by atoms with Gasteiger partial charge < -0.3 is 20.1 Å². The van der Waals surface area contributed by atoms with Crippen LogP contribution >= 0.6 is 0 Å². The van der Waals surface area contributed by atoms with Crippen LogP contribution in [-0.4, -0.2) is 62.8 Å². The molecule has 0 aromatic heterocycles. The molecule has 0 saturated carbocycles. The smallest absolute Gasteiger partial charge is 0.221 e. The van der Waals surface area contributed by atoms with Crippen LogP contribution in [0, 0.1) is 0 Å². The number of hydrogen-bond acceptors (Lipinski definition) is 5. The first-order chi connectivity index (χ1) is 13.2. The highest BCUT2D eigenvalue weighted by atomic mass is 16.5. The minimum absolute atomic E-state index is 0.110. The van der Waals surface area contributed by atoms with Crippen LogP contribution < -0.4 is 15.4 Å². The molecule has 6 heteroatoms. The highest BCUT2D eigenvalue weighted by molar-refractivity contribution is 5.76. The van der Waals surface area contributed by atoms with E-state index in [-0.39, 0.29) is 5.91 Å². The minimum Gasteiger partial charge on any atom is -0.492 e. The number of nitrogens with one attached hydrogen (secondary N) is 2. The highest BCUT2D eigenvalue weighted by Crippen LogP contribution is 2.15. The average Bonchev–Trinajstić information content (AvgIpc) is 3.20. The molecule has 0 spiro atoms. The Morgan fingerprint density at radius 3 is 2.96 bits per heavy atom. The molecule has 6 nitrogen and oxygen atoms in total. The Morgan fingerprint density at radius 2 is 2.19 bits per heavy atom. The molecule has 2 fully saturated rings. The fourth-order valence-electron chi connectivity index (χ4n) is 3.79. The Labute approximate surface area is 162 Å². The largest absolute Gasteiger partial charge is 0.492 e. The van der Waals surface area contributed by atoms with Crippen LogP contribution in [0.4, 0.5) is 0 Å². The molecule has 2 N–H and O–H groups in total. The third-order valence-corrected chi connectivity index (χ3v) is 5.51. The van der Waals surface area contributed by atoms with Crippen molar-refractivity contribution in [2.45, 2.75) is 50.7 Å². The van der Waals surface area contributed by atoms with Crippen molar-refractivity contribution in [2.75, 3.05) is 40.0 Å². The van der Waals surface area contributed by atoms with Crippen LogP contribution in [-0.2, 0) is 16.1 Å². The maximum Gasteiger partial charge on any atom is 0.221 e. The molecule has 0 bridgehead atoms. The van der Waals surface area contributed by atoms with E-state index in [9.17, 15) is 4.79 Å². The Hall–Kier alpha value is -1.63. The van der Waals surface area contributed by atoms with E-state index in [2.05, 4.69) is 22.6 Å². The summed E-state index contributed by atoms with van der Waals surface area (Å²) in [5, 5.41) is 6.37. The van der Waals surface area contributed by atoms with Crippen LogP contribution in [0.1, 0.15) is 37.7 Å². The first-order valence-electron chi connectivity index (χ1n) is 10.2. The quantitative estimate of drug-likeness (QED) is 0.691. The third-order valence-electron chi connectivity index (χ3n) is 5.51. The molecule has 2 aliphatic rings. The summed E-state index contributed by atoms with van der Waals surface area (Å²) < 4.78 is 11.3. The number of benzene rings is 1. The lowest BCUT2D eigenvalue weighted by atomic mass is 10.1. The predicted molar refractivity (Wildman–Crippen MR) is 106 cm³/mol. The molecular weight excluding hydrogens is 342 g/mol. The van der Waals surface area contributed by atoms with Gasteiger partial charge in [-0.05, 0) is 57.0 Å². The van der Waals surface area contributed by atoms with Gasteiger partial charge in [-0.15, -0.1) is 0 Å². The van der Waals surface area contributed by atoms with Crippen molar-refractivity contribution >= 4 is 5.91 Å². The first-order valence-corrected chi connectivity index (χ1v) is 10.2. The number of rotatable bonds is 9. The number of hydrogen-bond donors (Lipinski definition) is 2. The predicted octanol–water partition coefficient (Wildman–Crippen LogP) is 1.93.